The predicted molar refractivity (Wildman–Crippen MR) is 67.0 cm³/mol. The summed E-state index contributed by atoms with van der Waals surface area (Å²) < 4.78 is 5.69. The summed E-state index contributed by atoms with van der Waals surface area (Å²) in [5.74, 6) is -0.396. The fourth-order valence-corrected chi connectivity index (χ4v) is 5.38. The minimum atomic E-state index is -0.899. The molecule has 3 saturated carbocycles. The van der Waals surface area contributed by atoms with Crippen molar-refractivity contribution in [1.82, 2.24) is 0 Å². The first-order valence-corrected chi connectivity index (χ1v) is 7.12. The minimum absolute atomic E-state index is 0.0679. The fraction of sp³-hybridized carbons (Fsp3) is 0.800. The molecule has 0 unspecified atom stereocenters. The number of fused-ring (bicyclic) bond motifs is 4. The van der Waals surface area contributed by atoms with E-state index in [2.05, 4.69) is 13.5 Å². The molecule has 1 saturated heterocycles. The van der Waals surface area contributed by atoms with Gasteiger partial charge < -0.3 is 14.9 Å². The van der Waals surface area contributed by atoms with Crippen LogP contribution in [0, 0.1) is 29.1 Å². The maximum atomic E-state index is 12.1. The Balaban J connectivity index is 1.91. The molecule has 0 aromatic heterocycles. The van der Waals surface area contributed by atoms with Crippen LogP contribution in [-0.4, -0.2) is 34.0 Å². The van der Waals surface area contributed by atoms with Crippen molar-refractivity contribution in [3.63, 3.8) is 0 Å². The Hall–Kier alpha value is -0.870. The maximum Gasteiger partial charge on any atom is 0.334 e. The Morgan fingerprint density at radius 3 is 2.79 bits per heavy atom. The van der Waals surface area contributed by atoms with Gasteiger partial charge in [0, 0.05) is 23.3 Å². The van der Waals surface area contributed by atoms with Gasteiger partial charge in [-0.2, -0.15) is 0 Å². The van der Waals surface area contributed by atoms with Crippen LogP contribution in [0.4, 0.5) is 0 Å². The van der Waals surface area contributed by atoms with Gasteiger partial charge in [-0.05, 0) is 24.2 Å². The molecule has 3 aliphatic carbocycles. The molecular formula is C15H20O4. The molecule has 1 heterocycles. The van der Waals surface area contributed by atoms with E-state index in [4.69, 9.17) is 4.74 Å². The lowest BCUT2D eigenvalue weighted by Crippen LogP contribution is -2.65. The molecule has 19 heavy (non-hydrogen) atoms. The first-order chi connectivity index (χ1) is 8.84. The second-order valence-electron chi connectivity index (χ2n) is 7.20. The number of carbonyl (C=O) groups excluding carboxylic acids is 1. The van der Waals surface area contributed by atoms with E-state index in [0.717, 1.165) is 6.42 Å². The van der Waals surface area contributed by atoms with Crippen LogP contribution < -0.4 is 0 Å². The normalized spacial score (nSPS) is 62.3. The summed E-state index contributed by atoms with van der Waals surface area (Å²) >= 11 is 0. The van der Waals surface area contributed by atoms with Crippen LogP contribution in [0.15, 0.2) is 12.2 Å². The van der Waals surface area contributed by atoms with Crippen LogP contribution in [0.1, 0.15) is 26.7 Å². The average Bonchev–Trinajstić information content (AvgIpc) is 2.95. The topological polar surface area (TPSA) is 66.8 Å². The molecule has 2 N–H and O–H groups in total. The van der Waals surface area contributed by atoms with Crippen molar-refractivity contribution >= 4 is 5.97 Å². The van der Waals surface area contributed by atoms with E-state index < -0.39 is 17.8 Å². The summed E-state index contributed by atoms with van der Waals surface area (Å²) in [6.07, 6.45) is 0.402. The molecule has 0 aromatic rings. The Morgan fingerprint density at radius 1 is 1.42 bits per heavy atom. The first-order valence-electron chi connectivity index (χ1n) is 7.12. The number of carbonyl (C=O) groups is 1. The second-order valence-corrected chi connectivity index (χ2v) is 7.20. The van der Waals surface area contributed by atoms with Gasteiger partial charge in [0.05, 0.1) is 6.10 Å². The van der Waals surface area contributed by atoms with Crippen molar-refractivity contribution in [1.29, 1.82) is 0 Å². The molecule has 4 rings (SSSR count). The van der Waals surface area contributed by atoms with E-state index in [9.17, 15) is 15.0 Å². The van der Waals surface area contributed by atoms with Crippen molar-refractivity contribution in [2.24, 2.45) is 29.1 Å². The van der Waals surface area contributed by atoms with Gasteiger partial charge in [0.15, 0.2) is 0 Å². The summed E-state index contributed by atoms with van der Waals surface area (Å²) in [7, 11) is 0. The molecule has 1 spiro atoms. The lowest BCUT2D eigenvalue weighted by molar-refractivity contribution is -0.227. The van der Waals surface area contributed by atoms with Crippen LogP contribution >= 0.6 is 0 Å². The van der Waals surface area contributed by atoms with Crippen LogP contribution in [0.5, 0.6) is 0 Å². The molecule has 0 aromatic carbocycles. The van der Waals surface area contributed by atoms with Gasteiger partial charge >= 0.3 is 5.97 Å². The first kappa shape index (κ1) is 11.9. The zero-order valence-corrected chi connectivity index (χ0v) is 11.3. The number of aliphatic hydroxyl groups excluding tert-OH is 2. The van der Waals surface area contributed by atoms with Gasteiger partial charge in [0.25, 0.3) is 0 Å². The van der Waals surface area contributed by atoms with Crippen molar-refractivity contribution in [2.45, 2.75) is 44.5 Å². The van der Waals surface area contributed by atoms with E-state index in [-0.39, 0.29) is 29.1 Å². The molecule has 8 atom stereocenters. The Labute approximate surface area is 112 Å². The quantitative estimate of drug-likeness (QED) is 0.503. The minimum Gasteiger partial charge on any atom is -0.452 e. The third-order valence-electron chi connectivity index (χ3n) is 6.62. The zero-order valence-electron chi connectivity index (χ0n) is 11.3. The molecule has 4 fully saturated rings. The third-order valence-corrected chi connectivity index (χ3v) is 6.62. The number of hydrogen-bond acceptors (Lipinski definition) is 4. The monoisotopic (exact) mass is 264 g/mol. The summed E-state index contributed by atoms with van der Waals surface area (Å²) in [6, 6.07) is 0. The van der Waals surface area contributed by atoms with E-state index in [1.807, 2.05) is 6.92 Å². The van der Waals surface area contributed by atoms with Crippen molar-refractivity contribution < 1.29 is 19.7 Å². The van der Waals surface area contributed by atoms with E-state index >= 15 is 0 Å². The molecule has 1 aliphatic heterocycles. The van der Waals surface area contributed by atoms with E-state index in [1.165, 1.54) is 0 Å². The maximum absolute atomic E-state index is 12.1. The summed E-state index contributed by atoms with van der Waals surface area (Å²) in [4.78, 5) is 12.1. The van der Waals surface area contributed by atoms with Gasteiger partial charge in [-0.1, -0.05) is 20.4 Å². The highest BCUT2D eigenvalue weighted by atomic mass is 16.6. The molecule has 104 valence electrons. The second kappa shape index (κ2) is 3.07. The Bertz CT molecular complexity index is 500. The van der Waals surface area contributed by atoms with Crippen molar-refractivity contribution in [2.75, 3.05) is 0 Å². The van der Waals surface area contributed by atoms with Gasteiger partial charge in [-0.25, -0.2) is 4.79 Å². The number of aliphatic hydroxyl groups is 2. The van der Waals surface area contributed by atoms with E-state index in [1.54, 1.807) is 0 Å². The molecule has 4 nitrogen and oxygen atoms in total. The Kier molecular flexibility index (Phi) is 1.92. The standard InChI is InChI=1S/C15H20O4/c1-6-11-8-5-14(8,3)10-4-9(16)7(2)15(10,12(11)17)19-13(6)18/h7-12,16-17H,1,4-5H2,2-3H3/t7-,8+,9-,10-,11+,12+,14+,15-/m0/s1. The zero-order chi connectivity index (χ0) is 13.7. The number of esters is 1. The SMILES string of the molecule is C=C1C(=O)O[C@]23[C@H](O)[C@H]1[C@H]1C[C@@]1(C)[C@@H]2C[C@H](O)[C@@H]3C. The van der Waals surface area contributed by atoms with Crippen LogP contribution in [0.3, 0.4) is 0 Å². The summed E-state index contributed by atoms with van der Waals surface area (Å²) in [5, 5.41) is 21.0. The van der Waals surface area contributed by atoms with Gasteiger partial charge in [0.1, 0.15) is 11.7 Å². The molecule has 0 radical (unpaired) electrons. The van der Waals surface area contributed by atoms with E-state index in [0.29, 0.717) is 17.9 Å². The van der Waals surface area contributed by atoms with Crippen molar-refractivity contribution in [3.8, 4) is 0 Å². The summed E-state index contributed by atoms with van der Waals surface area (Å²) in [5.41, 5.74) is -0.400. The number of ether oxygens (including phenoxy) is 1. The molecule has 4 heteroatoms. The van der Waals surface area contributed by atoms with Crippen LogP contribution in [-0.2, 0) is 9.53 Å². The molecule has 4 aliphatic rings. The Morgan fingerprint density at radius 2 is 2.11 bits per heavy atom. The largest absolute Gasteiger partial charge is 0.452 e. The average molecular weight is 264 g/mol. The highest BCUT2D eigenvalue weighted by Crippen LogP contribution is 2.75. The van der Waals surface area contributed by atoms with Crippen LogP contribution in [0.2, 0.25) is 0 Å². The molecule has 0 amide bonds. The fourth-order valence-electron chi connectivity index (χ4n) is 5.38. The third kappa shape index (κ3) is 1.05. The highest BCUT2D eigenvalue weighted by molar-refractivity contribution is 5.90. The smallest absolute Gasteiger partial charge is 0.334 e. The van der Waals surface area contributed by atoms with Gasteiger partial charge in [0.2, 0.25) is 0 Å². The lowest BCUT2D eigenvalue weighted by Gasteiger charge is -2.54. The van der Waals surface area contributed by atoms with Gasteiger partial charge in [-0.3, -0.25) is 0 Å². The number of rotatable bonds is 0. The highest BCUT2D eigenvalue weighted by Gasteiger charge is 2.79. The number of hydrogen-bond donors (Lipinski definition) is 2. The molecular weight excluding hydrogens is 244 g/mol. The van der Waals surface area contributed by atoms with Gasteiger partial charge in [-0.15, -0.1) is 0 Å². The van der Waals surface area contributed by atoms with Crippen molar-refractivity contribution in [3.05, 3.63) is 12.2 Å². The molecule has 2 bridgehead atoms. The summed E-state index contributed by atoms with van der Waals surface area (Å²) in [6.45, 7) is 7.92. The lowest BCUT2D eigenvalue weighted by atomic mass is 9.60. The van der Waals surface area contributed by atoms with Crippen LogP contribution in [0.25, 0.3) is 0 Å². The predicted octanol–water partition coefficient (Wildman–Crippen LogP) is 0.872.